The SMILES string of the molecule is C1C2CC3C4C5C6C7C8C9C%10C%11C%12C%13C%14C%15C%16C%17C%18C%19C%20C%21C%22C%23CC%24C%25C%26CC%27C%28C%29C%30C%31C%32C(C%31C%30C%29C%28[C@H]%27%26)C%26C%32C%27C%26C%26C%27C%27C%28C%29C%30C%31C1C1C%32C2C32C%323C%32C%33C%34C%35%36C%37C%38C%39C%40C%41C%42C%43(C%44C%45C%46C%47C%48C%49C%50C%51C%25C%24%23C%22%51C%21%50C%20%49C%19%48C%18%47C%17%46C%16%45C%15%44C%14%43C%13%42C%12%41C%11%40C%10%39C9%38C8%37C7%35C6%34C5%33C4%322)C%26%27C%28C%29%36C%30C%3113. The van der Waals surface area contributed by atoms with Crippen LogP contribution in [-0.2, 0) is 0 Å². The summed E-state index contributed by atoms with van der Waals surface area (Å²) in [6.45, 7) is 0. The van der Waals surface area contributed by atoms with Crippen molar-refractivity contribution in [2.75, 3.05) is 0 Å². The van der Waals surface area contributed by atoms with Gasteiger partial charge in [0.2, 0.25) is 0 Å². The van der Waals surface area contributed by atoms with Gasteiger partial charge in [-0.2, -0.15) is 0 Å². The molecule has 64 rings (SSSR count). The smallest absolute Gasteiger partial charge is 0.00591 e. The Hall–Kier alpha value is 0. The zero-order valence-electron chi connectivity index (χ0n) is 57.9. The van der Waals surface area contributed by atoms with Crippen molar-refractivity contribution in [1.82, 2.24) is 0 Å². The number of fused-ring (bicyclic) bond motifs is 36. The Labute approximate surface area is 594 Å². The molecule has 0 nitrogen and oxygen atoms in total. The molecule has 98 unspecified atom stereocenters. The maximum atomic E-state index is 1.90. The molecule has 64 fully saturated rings. The first kappa shape index (κ1) is 38.9. The largest absolute Gasteiger partial charge is 0.0467 e. The van der Waals surface area contributed by atoms with Crippen molar-refractivity contribution < 1.29 is 0 Å². The van der Waals surface area contributed by atoms with E-state index in [9.17, 15) is 0 Å². The monoisotopic (exact) mass is 1320 g/mol. The minimum atomic E-state index is 0.996. The predicted molar refractivity (Wildman–Crippen MR) is 335 cm³/mol. The van der Waals surface area contributed by atoms with E-state index in [0.29, 0.717) is 0 Å². The molecular formula is C103H80. The highest BCUT2D eigenvalue weighted by atomic mass is 15.5. The minimum absolute atomic E-state index is 0.996. The summed E-state index contributed by atoms with van der Waals surface area (Å²) in [5.41, 5.74) is 28.6. The molecule has 0 aliphatic heterocycles. The van der Waals surface area contributed by atoms with Crippen molar-refractivity contribution in [2.45, 2.75) is 25.7 Å². The molecule has 0 saturated heterocycles. The molecular weight excluding hydrogens is 1240 g/mol. The molecule has 0 aromatic heterocycles. The van der Waals surface area contributed by atoms with E-state index in [1.807, 2.05) is 25.7 Å². The van der Waals surface area contributed by atoms with Crippen LogP contribution in [0.15, 0.2) is 0 Å². The lowest BCUT2D eigenvalue weighted by atomic mass is 8.60. The van der Waals surface area contributed by atoms with Crippen LogP contribution in [0.3, 0.4) is 0 Å². The van der Waals surface area contributed by atoms with Gasteiger partial charge in [0.1, 0.15) is 0 Å². The van der Waals surface area contributed by atoms with Gasteiger partial charge in [0, 0.05) is 0 Å². The van der Waals surface area contributed by atoms with Crippen LogP contribution in [0.25, 0.3) is 0 Å². The first-order valence-corrected chi connectivity index (χ1v) is 51.3. The highest BCUT2D eigenvalue weighted by molar-refractivity contribution is 5.93. The van der Waals surface area contributed by atoms with E-state index in [0.717, 1.165) is 146 Å². The van der Waals surface area contributed by atoms with Crippen molar-refractivity contribution in [1.29, 1.82) is 0 Å². The van der Waals surface area contributed by atoms with Crippen LogP contribution in [0.2, 0.25) is 0 Å². The van der Waals surface area contributed by atoms with Gasteiger partial charge in [0.05, 0.1) is 0 Å². The molecule has 64 aliphatic carbocycles. The molecule has 64 saturated carbocycles. The van der Waals surface area contributed by atoms with Gasteiger partial charge < -0.3 is 0 Å². The highest BCUT2D eigenvalue weighted by Crippen LogP contribution is 3.50. The second kappa shape index (κ2) is 7.13. The number of hydrogen-bond donors (Lipinski definition) is 0. The summed E-state index contributed by atoms with van der Waals surface area (Å²) in [4.78, 5) is 0. The van der Waals surface area contributed by atoms with Crippen molar-refractivity contribution >= 4 is 0 Å². The van der Waals surface area contributed by atoms with Crippen molar-refractivity contribution in [2.24, 2.45) is 572 Å². The van der Waals surface area contributed by atoms with Gasteiger partial charge in [-0.15, -0.1) is 0 Å². The average molecular weight is 1320 g/mol. The molecule has 0 heterocycles. The predicted octanol–water partition coefficient (Wildman–Crippen LogP) is 10.4. The van der Waals surface area contributed by atoms with E-state index in [1.165, 1.54) is 426 Å². The Kier molecular flexibility index (Phi) is 2.69. The molecule has 0 amide bonds. The maximum Gasteiger partial charge on any atom is -0.00591 e. The lowest BCUT2D eigenvalue weighted by Gasteiger charge is -3.43. The Morgan fingerprint density at radius 3 is 1.11 bits per heavy atom. The lowest BCUT2D eigenvalue weighted by Crippen LogP contribution is -3.41. The zero-order chi connectivity index (χ0) is 57.9. The summed E-state index contributed by atoms with van der Waals surface area (Å²) in [5.74, 6) is 99.7. The molecule has 0 aromatic rings. The number of hydrogen-bond acceptors (Lipinski definition) is 0. The Morgan fingerprint density at radius 1 is 0.126 bits per heavy atom. The molecule has 64 aliphatic rings. The van der Waals surface area contributed by atoms with Crippen LogP contribution in [0.1, 0.15) is 25.7 Å². The summed E-state index contributed by atoms with van der Waals surface area (Å²) in [5, 5.41) is 0. The van der Waals surface area contributed by atoms with E-state index in [-0.39, 0.29) is 0 Å². The highest BCUT2D eigenvalue weighted by Gasteiger charge is 3.48. The van der Waals surface area contributed by atoms with E-state index in [1.54, 1.807) is 0 Å². The van der Waals surface area contributed by atoms with E-state index < -0.39 is 0 Å². The van der Waals surface area contributed by atoms with Crippen molar-refractivity contribution in [3.8, 4) is 0 Å². The third-order valence-corrected chi connectivity index (χ3v) is 80.9. The lowest BCUT2D eigenvalue weighted by molar-refractivity contribution is -0.979. The second-order valence-corrected chi connectivity index (χ2v) is 63.9. The fourth-order valence-corrected chi connectivity index (χ4v) is 95.8. The molecule has 27 spiro atoms. The van der Waals surface area contributed by atoms with E-state index in [2.05, 4.69) is 0 Å². The Bertz CT molecular complexity index is 6550. The van der Waals surface area contributed by atoms with Gasteiger partial charge in [-0.25, -0.2) is 0 Å². The normalized spacial score (nSPS) is 127. The molecule has 0 radical (unpaired) electrons. The Balaban J connectivity index is 0.511. The summed E-state index contributed by atoms with van der Waals surface area (Å²) < 4.78 is 0. The second-order valence-electron chi connectivity index (χ2n) is 63.9. The Morgan fingerprint density at radius 2 is 0.515 bits per heavy atom. The van der Waals surface area contributed by atoms with Gasteiger partial charge >= 0.3 is 0 Å². The third-order valence-electron chi connectivity index (χ3n) is 80.9. The van der Waals surface area contributed by atoms with Gasteiger partial charge in [-0.1, -0.05) is 0 Å². The zero-order valence-corrected chi connectivity index (χ0v) is 57.9. The molecule has 0 N–H and O–H groups in total. The maximum absolute atomic E-state index is 1.90. The fourth-order valence-electron chi connectivity index (χ4n) is 95.8. The average Bonchev–Trinajstić information content (AvgIpc) is 1.42. The molecule has 0 bridgehead atoms. The molecule has 492 valence electrons. The molecule has 0 aromatic carbocycles. The fraction of sp³-hybridized carbons (Fsp3) is 1.00. The summed E-state index contributed by atoms with van der Waals surface area (Å²) in [6, 6.07) is 0. The molecule has 99 atom stereocenters. The topological polar surface area (TPSA) is 0 Å². The summed E-state index contributed by atoms with van der Waals surface area (Å²) in [6.07, 6.45) is 7.49. The van der Waals surface area contributed by atoms with Gasteiger partial charge in [0.15, 0.2) is 0 Å². The van der Waals surface area contributed by atoms with Crippen molar-refractivity contribution in [3.05, 3.63) is 0 Å². The van der Waals surface area contributed by atoms with Gasteiger partial charge in [0.25, 0.3) is 0 Å². The van der Waals surface area contributed by atoms with Crippen LogP contribution in [0.4, 0.5) is 0 Å². The van der Waals surface area contributed by atoms with Crippen LogP contribution in [0, 0.1) is 572 Å². The van der Waals surface area contributed by atoms with Gasteiger partial charge in [-0.05, 0) is 598 Å². The third kappa shape index (κ3) is 1.29. The standard InChI is InChI=1S/C103H80/c1-5-2-11-35-42-57-64-58-54-50-51-55-60-65-59-53-49-48-46-44-41-34-10-4-9-13-6-3-7-12(6)15-14(7)16-17(15)19-18(16)20-21(19)23-22(20)24-25(23)27-26(24)28-36(27)79-37(28)30-38-29-32-8(1)33-40-31(5)81(11)94(40)75-69-76-99(57,93(42,69)95(35,75)81)103(64)98(58)74(101(76,103)80(38,71(30)79)70(29)78(32,33)94)68-63-62-67-73-97(60,91(55,67)88(51,62)89(50,63)92(54,68)98)102(65)96(59)72(100(73,79)102)66-61-56-52-47-45-43-39(13)77(9,10)82(34,43)83(41,45)84(44,47)85(46,52)86(48,56)87(49,61)90(53,66)96/h5-76H,1-4H2/t5?,6?,7?,8?,9?,10?,11?,12-,13?,14?,15?,16?,17?,18?,19?,20?,21?,22?,23?,24?,25?,26?,27?,28?,29?,30?,31?,32?,33?,34?,35?,36?,37?,38?,39?,40?,41?,42?,43?,44?,45?,46?,47?,48?,49?,50?,51?,52?,53?,54?,55?,56?,57?,58?,59?,60?,61?,62?,63?,64?,65?,66?,67?,68?,69?,70?,71?,72?,73?,74?,75?,76?,77?,78?,79?,80?,81?,82?,83?,84?,85?,86?,87?,88?,89?,90?,91?,92?,93?,94?,95?,96?,97?,98?,99?,100?,101?,102?,103?/m0/s1. The number of rotatable bonds is 0. The van der Waals surface area contributed by atoms with E-state index in [4.69, 9.17) is 0 Å². The van der Waals surface area contributed by atoms with Crippen LogP contribution < -0.4 is 0 Å². The van der Waals surface area contributed by atoms with Gasteiger partial charge in [-0.3, -0.25) is 0 Å². The van der Waals surface area contributed by atoms with Crippen molar-refractivity contribution in [3.63, 3.8) is 0 Å². The minimum Gasteiger partial charge on any atom is -0.0467 e. The van der Waals surface area contributed by atoms with Crippen LogP contribution in [0.5, 0.6) is 0 Å². The quantitative estimate of drug-likeness (QED) is 0.227. The van der Waals surface area contributed by atoms with E-state index >= 15 is 0 Å². The molecule has 103 heavy (non-hydrogen) atoms. The van der Waals surface area contributed by atoms with Crippen LogP contribution >= 0.6 is 0 Å². The van der Waals surface area contributed by atoms with Crippen LogP contribution in [-0.4, -0.2) is 0 Å². The molecule has 0 heteroatoms. The first-order chi connectivity index (χ1) is 51.3. The first-order valence-electron chi connectivity index (χ1n) is 51.3. The summed E-state index contributed by atoms with van der Waals surface area (Å²) >= 11 is 0. The summed E-state index contributed by atoms with van der Waals surface area (Å²) in [7, 11) is 0.